The van der Waals surface area contributed by atoms with Crippen molar-refractivity contribution in [1.82, 2.24) is 10.3 Å². The highest BCUT2D eigenvalue weighted by Gasteiger charge is 2.12. The molecular formula is C9H13N5O3. The van der Waals surface area contributed by atoms with E-state index in [0.29, 0.717) is 12.4 Å². The maximum Gasteiger partial charge on any atom is 0.311 e. The smallest absolute Gasteiger partial charge is 0.311 e. The number of nitrogen functional groups attached to an aromatic ring is 1. The second-order valence-electron chi connectivity index (χ2n) is 3.17. The fraction of sp³-hybridized carbons (Fsp3) is 0.333. The lowest BCUT2D eigenvalue weighted by atomic mass is 10.4. The fourth-order valence-electron chi connectivity index (χ4n) is 1.15. The van der Waals surface area contributed by atoms with Gasteiger partial charge in [-0.3, -0.25) is 14.9 Å². The summed E-state index contributed by atoms with van der Waals surface area (Å²) in [7, 11) is 0. The van der Waals surface area contributed by atoms with Crippen molar-refractivity contribution in [3.05, 3.63) is 22.2 Å². The molecule has 0 atom stereocenters. The molecule has 1 rings (SSSR count). The minimum absolute atomic E-state index is 0.0398. The van der Waals surface area contributed by atoms with Gasteiger partial charge in [0.1, 0.15) is 5.82 Å². The van der Waals surface area contributed by atoms with Crippen molar-refractivity contribution in [1.29, 1.82) is 0 Å². The molecular weight excluding hydrogens is 226 g/mol. The van der Waals surface area contributed by atoms with Crippen LogP contribution in [0.5, 0.6) is 0 Å². The lowest BCUT2D eigenvalue weighted by Gasteiger charge is -2.06. The number of likely N-dealkylation sites (N-methyl/N-ethyl adjacent to an activating group) is 1. The van der Waals surface area contributed by atoms with Crippen LogP contribution in [-0.4, -0.2) is 28.9 Å². The van der Waals surface area contributed by atoms with Crippen molar-refractivity contribution in [2.45, 2.75) is 6.92 Å². The molecule has 0 saturated heterocycles. The van der Waals surface area contributed by atoms with Gasteiger partial charge in [-0.15, -0.1) is 0 Å². The number of nitrogens with zero attached hydrogens (tertiary/aromatic N) is 2. The van der Waals surface area contributed by atoms with Crippen molar-refractivity contribution in [2.24, 2.45) is 0 Å². The first-order valence-corrected chi connectivity index (χ1v) is 4.96. The maximum absolute atomic E-state index is 11.1. The Bertz CT molecular complexity index is 435. The number of anilines is 2. The molecule has 1 heterocycles. The topological polar surface area (TPSA) is 123 Å². The van der Waals surface area contributed by atoms with Gasteiger partial charge in [0.05, 0.1) is 11.5 Å². The van der Waals surface area contributed by atoms with Crippen molar-refractivity contribution in [2.75, 3.05) is 24.1 Å². The van der Waals surface area contributed by atoms with E-state index in [1.807, 2.05) is 0 Å². The molecule has 0 aliphatic carbocycles. The summed E-state index contributed by atoms with van der Waals surface area (Å²) in [6.45, 7) is 2.38. The largest absolute Gasteiger partial charge is 0.378 e. The maximum atomic E-state index is 11.1. The van der Waals surface area contributed by atoms with Crippen LogP contribution in [0, 0.1) is 10.1 Å². The van der Waals surface area contributed by atoms with Crippen molar-refractivity contribution in [3.8, 4) is 0 Å². The van der Waals surface area contributed by atoms with Gasteiger partial charge in [-0.25, -0.2) is 4.98 Å². The number of hydrogen-bond acceptors (Lipinski definition) is 6. The van der Waals surface area contributed by atoms with Crippen LogP contribution in [0.25, 0.3) is 0 Å². The zero-order valence-electron chi connectivity index (χ0n) is 9.27. The Morgan fingerprint density at radius 2 is 2.29 bits per heavy atom. The van der Waals surface area contributed by atoms with Crippen LogP contribution < -0.4 is 16.4 Å². The molecule has 1 aromatic heterocycles. The van der Waals surface area contributed by atoms with Crippen LogP contribution in [0.15, 0.2) is 12.1 Å². The highest BCUT2D eigenvalue weighted by atomic mass is 16.6. The number of amides is 1. The van der Waals surface area contributed by atoms with E-state index in [9.17, 15) is 14.9 Å². The lowest BCUT2D eigenvalue weighted by Crippen LogP contribution is -2.29. The Morgan fingerprint density at radius 1 is 1.59 bits per heavy atom. The molecule has 0 radical (unpaired) electrons. The first kappa shape index (κ1) is 12.7. The lowest BCUT2D eigenvalue weighted by molar-refractivity contribution is -0.384. The van der Waals surface area contributed by atoms with Crippen molar-refractivity contribution in [3.63, 3.8) is 0 Å². The molecule has 8 nitrogen and oxygen atoms in total. The fourth-order valence-corrected chi connectivity index (χ4v) is 1.15. The van der Waals surface area contributed by atoms with Crippen LogP contribution >= 0.6 is 0 Å². The van der Waals surface area contributed by atoms with Crippen LogP contribution in [0.4, 0.5) is 17.3 Å². The first-order chi connectivity index (χ1) is 8.04. The number of pyridine rings is 1. The van der Waals surface area contributed by atoms with E-state index in [1.165, 1.54) is 12.1 Å². The highest BCUT2D eigenvalue weighted by Crippen LogP contribution is 2.20. The van der Waals surface area contributed by atoms with Gasteiger partial charge in [0.2, 0.25) is 11.7 Å². The Labute approximate surface area is 97.4 Å². The van der Waals surface area contributed by atoms with Gasteiger partial charge in [0, 0.05) is 12.6 Å². The Kier molecular flexibility index (Phi) is 4.21. The molecule has 1 amide bonds. The molecule has 0 saturated carbocycles. The average Bonchev–Trinajstić information content (AvgIpc) is 2.26. The number of nitrogens with two attached hydrogens (primary N) is 1. The van der Waals surface area contributed by atoms with Gasteiger partial charge in [-0.05, 0) is 13.0 Å². The van der Waals surface area contributed by atoms with Gasteiger partial charge in [0.15, 0.2) is 0 Å². The third-order valence-electron chi connectivity index (χ3n) is 1.90. The molecule has 0 aromatic carbocycles. The average molecular weight is 239 g/mol. The number of carbonyl (C=O) groups excluding carboxylic acids is 1. The summed E-state index contributed by atoms with van der Waals surface area (Å²) in [5, 5.41) is 15.8. The zero-order chi connectivity index (χ0) is 12.8. The summed E-state index contributed by atoms with van der Waals surface area (Å²) in [5.41, 5.74) is 5.14. The molecule has 0 fully saturated rings. The van der Waals surface area contributed by atoms with E-state index < -0.39 is 4.92 Å². The Hall–Kier alpha value is -2.38. The number of nitro groups is 1. The summed E-state index contributed by atoms with van der Waals surface area (Å²) in [6, 6.07) is 2.64. The number of aromatic nitrogens is 1. The molecule has 0 spiro atoms. The van der Waals surface area contributed by atoms with Crippen LogP contribution in [0.1, 0.15) is 6.92 Å². The molecule has 8 heteroatoms. The SMILES string of the molecule is CCNC(=O)CNc1ccc([N+](=O)[O-])c(N)n1. The van der Waals surface area contributed by atoms with Crippen molar-refractivity contribution < 1.29 is 9.72 Å². The highest BCUT2D eigenvalue weighted by molar-refractivity contribution is 5.80. The molecule has 0 unspecified atom stereocenters. The van der Waals surface area contributed by atoms with E-state index in [2.05, 4.69) is 15.6 Å². The third kappa shape index (κ3) is 3.59. The first-order valence-electron chi connectivity index (χ1n) is 4.96. The predicted molar refractivity (Wildman–Crippen MR) is 62.5 cm³/mol. The molecule has 0 bridgehead atoms. The number of nitrogens with one attached hydrogen (secondary N) is 2. The van der Waals surface area contributed by atoms with E-state index in [1.54, 1.807) is 6.92 Å². The second-order valence-corrected chi connectivity index (χ2v) is 3.17. The molecule has 17 heavy (non-hydrogen) atoms. The molecule has 92 valence electrons. The zero-order valence-corrected chi connectivity index (χ0v) is 9.27. The summed E-state index contributed by atoms with van der Waals surface area (Å²) in [5.74, 6) is -0.0542. The third-order valence-corrected chi connectivity index (χ3v) is 1.90. The quantitative estimate of drug-likeness (QED) is 0.495. The van der Waals surface area contributed by atoms with Gasteiger partial charge in [-0.1, -0.05) is 0 Å². The summed E-state index contributed by atoms with van der Waals surface area (Å²) >= 11 is 0. The van der Waals surface area contributed by atoms with E-state index in [4.69, 9.17) is 5.73 Å². The molecule has 4 N–H and O–H groups in total. The molecule has 1 aromatic rings. The molecule has 0 aliphatic rings. The van der Waals surface area contributed by atoms with Gasteiger partial charge < -0.3 is 16.4 Å². The minimum Gasteiger partial charge on any atom is -0.378 e. The Morgan fingerprint density at radius 3 is 2.82 bits per heavy atom. The van der Waals surface area contributed by atoms with E-state index in [0.717, 1.165) is 0 Å². The molecule has 0 aliphatic heterocycles. The van der Waals surface area contributed by atoms with Crippen LogP contribution in [0.2, 0.25) is 0 Å². The monoisotopic (exact) mass is 239 g/mol. The second kappa shape index (κ2) is 5.64. The van der Waals surface area contributed by atoms with Crippen LogP contribution in [0.3, 0.4) is 0 Å². The number of carbonyl (C=O) groups is 1. The van der Waals surface area contributed by atoms with Crippen molar-refractivity contribution >= 4 is 23.2 Å². The van der Waals surface area contributed by atoms with Gasteiger partial charge in [0.25, 0.3) is 0 Å². The summed E-state index contributed by atoms with van der Waals surface area (Å²) in [6.07, 6.45) is 0. The van der Waals surface area contributed by atoms with E-state index in [-0.39, 0.29) is 24.0 Å². The standard InChI is InChI=1S/C9H13N5O3/c1-2-11-8(15)5-12-7-4-3-6(14(16)17)9(10)13-7/h3-4H,2,5H2,1H3,(H,11,15)(H3,10,12,13). The number of hydrogen-bond donors (Lipinski definition) is 3. The normalized spacial score (nSPS) is 9.71. The summed E-state index contributed by atoms with van der Waals surface area (Å²) < 4.78 is 0. The number of rotatable bonds is 5. The minimum atomic E-state index is -0.615. The predicted octanol–water partition coefficient (Wildman–Crippen LogP) is 0.120. The van der Waals surface area contributed by atoms with Gasteiger partial charge in [-0.2, -0.15) is 0 Å². The van der Waals surface area contributed by atoms with Crippen LogP contribution in [-0.2, 0) is 4.79 Å². The Balaban J connectivity index is 2.65. The van der Waals surface area contributed by atoms with E-state index >= 15 is 0 Å². The van der Waals surface area contributed by atoms with Gasteiger partial charge >= 0.3 is 5.69 Å². The summed E-state index contributed by atoms with van der Waals surface area (Å²) in [4.78, 5) is 24.8.